The summed E-state index contributed by atoms with van der Waals surface area (Å²) in [6, 6.07) is -0.456. The molecule has 1 saturated heterocycles. The van der Waals surface area contributed by atoms with Crippen LogP contribution in [0.15, 0.2) is 0 Å². The molecule has 4 heteroatoms. The van der Waals surface area contributed by atoms with Gasteiger partial charge < -0.3 is 4.74 Å². The van der Waals surface area contributed by atoms with E-state index >= 15 is 0 Å². The van der Waals surface area contributed by atoms with Crippen molar-refractivity contribution in [2.24, 2.45) is 0 Å². The average Bonchev–Trinajstić information content (AvgIpc) is 2.18. The third kappa shape index (κ3) is 1.26. The van der Waals surface area contributed by atoms with Gasteiger partial charge in [0.15, 0.2) is 0 Å². The second-order valence-corrected chi connectivity index (χ2v) is 1.71. The van der Waals surface area contributed by atoms with Crippen molar-refractivity contribution in [1.82, 2.24) is 5.32 Å². The van der Waals surface area contributed by atoms with E-state index in [0.29, 0.717) is 0 Å². The van der Waals surface area contributed by atoms with E-state index in [1.165, 1.54) is 0 Å². The zero-order valence-electron chi connectivity index (χ0n) is 4.72. The van der Waals surface area contributed by atoms with Gasteiger partial charge in [0.2, 0.25) is 6.29 Å². The first-order chi connectivity index (χ1) is 4.34. The van der Waals surface area contributed by atoms with Crippen LogP contribution in [0.4, 0.5) is 0 Å². The Morgan fingerprint density at radius 3 is 3.11 bits per heavy atom. The Labute approximate surface area is 52.2 Å². The smallest absolute Gasteiger partial charge is 0.325 e. The van der Waals surface area contributed by atoms with E-state index in [4.69, 9.17) is 0 Å². The third-order valence-electron chi connectivity index (χ3n) is 1.12. The molecule has 4 nitrogen and oxygen atoms in total. The highest BCUT2D eigenvalue weighted by Crippen LogP contribution is 1.98. The van der Waals surface area contributed by atoms with Gasteiger partial charge >= 0.3 is 5.97 Å². The lowest BCUT2D eigenvalue weighted by Gasteiger charge is -1.95. The number of ether oxygens (including phenoxy) is 1. The molecular formula is C5H6NO3. The van der Waals surface area contributed by atoms with E-state index in [2.05, 4.69) is 10.1 Å². The molecule has 49 valence electrons. The van der Waals surface area contributed by atoms with Gasteiger partial charge in [-0.25, -0.2) is 0 Å². The van der Waals surface area contributed by atoms with E-state index in [9.17, 15) is 9.59 Å². The highest BCUT2D eigenvalue weighted by atomic mass is 16.6. The van der Waals surface area contributed by atoms with Gasteiger partial charge in [-0.2, -0.15) is 0 Å². The number of carbonyl (C=O) groups excluding carboxylic acids is 2. The maximum atomic E-state index is 10.5. The minimum atomic E-state index is -0.456. The Hall–Kier alpha value is -0.900. The second-order valence-electron chi connectivity index (χ2n) is 1.71. The van der Waals surface area contributed by atoms with E-state index < -0.39 is 6.04 Å². The number of rotatable bonds is 2. The van der Waals surface area contributed by atoms with Crippen molar-refractivity contribution >= 4 is 12.3 Å². The van der Waals surface area contributed by atoms with Gasteiger partial charge in [0.05, 0.1) is 0 Å². The molecule has 9 heavy (non-hydrogen) atoms. The van der Waals surface area contributed by atoms with Crippen LogP contribution in [0.1, 0.15) is 6.42 Å². The maximum Gasteiger partial charge on any atom is 0.325 e. The van der Waals surface area contributed by atoms with Crippen molar-refractivity contribution in [3.63, 3.8) is 0 Å². The number of cyclic esters (lactones) is 1. The van der Waals surface area contributed by atoms with Crippen LogP contribution in [0.5, 0.6) is 0 Å². The van der Waals surface area contributed by atoms with Crippen LogP contribution in [0.3, 0.4) is 0 Å². The second kappa shape index (κ2) is 2.59. The van der Waals surface area contributed by atoms with Crippen LogP contribution in [0.2, 0.25) is 0 Å². The van der Waals surface area contributed by atoms with Gasteiger partial charge in [0, 0.05) is 6.42 Å². The van der Waals surface area contributed by atoms with Gasteiger partial charge in [-0.15, -0.1) is 0 Å². The molecule has 1 unspecified atom stereocenters. The number of hydrogen-bond acceptors (Lipinski definition) is 4. The summed E-state index contributed by atoms with van der Waals surface area (Å²) in [6.45, 7) is 0.213. The predicted molar refractivity (Wildman–Crippen MR) is 28.2 cm³/mol. The topological polar surface area (TPSA) is 55.4 Å². The molecule has 0 saturated carbocycles. The van der Waals surface area contributed by atoms with Gasteiger partial charge in [0.1, 0.15) is 12.8 Å². The Kier molecular flexibility index (Phi) is 1.79. The van der Waals surface area contributed by atoms with Crippen molar-refractivity contribution < 1.29 is 14.3 Å². The Balaban J connectivity index is 2.39. The molecule has 0 bridgehead atoms. The predicted octanol–water partition coefficient (Wildman–Crippen LogP) is -1.04. The Morgan fingerprint density at radius 2 is 2.67 bits per heavy atom. The summed E-state index contributed by atoms with van der Waals surface area (Å²) >= 11 is 0. The highest BCUT2D eigenvalue weighted by molar-refractivity contribution is 5.80. The van der Waals surface area contributed by atoms with Crippen LogP contribution in [0.25, 0.3) is 0 Å². The van der Waals surface area contributed by atoms with Crippen LogP contribution in [0, 0.1) is 0 Å². The van der Waals surface area contributed by atoms with Crippen LogP contribution >= 0.6 is 0 Å². The van der Waals surface area contributed by atoms with E-state index in [-0.39, 0.29) is 19.1 Å². The Morgan fingerprint density at radius 1 is 1.89 bits per heavy atom. The molecule has 1 aliphatic heterocycles. The summed E-state index contributed by atoms with van der Waals surface area (Å²) < 4.78 is 4.49. The molecular weight excluding hydrogens is 122 g/mol. The minimum absolute atomic E-state index is 0.0822. The van der Waals surface area contributed by atoms with Crippen molar-refractivity contribution in [1.29, 1.82) is 0 Å². The van der Waals surface area contributed by atoms with E-state index in [1.807, 2.05) is 0 Å². The monoisotopic (exact) mass is 128 g/mol. The van der Waals surface area contributed by atoms with E-state index in [0.717, 1.165) is 0 Å². The first kappa shape index (κ1) is 6.22. The normalized spacial score (nSPS) is 25.8. The molecule has 1 fully saturated rings. The first-order valence-corrected chi connectivity index (χ1v) is 2.59. The first-order valence-electron chi connectivity index (χ1n) is 2.59. The SMILES string of the molecule is O=[C]CC1NCOC1=O. The fraction of sp³-hybridized carbons (Fsp3) is 0.600. The zero-order chi connectivity index (χ0) is 6.69. The summed E-state index contributed by atoms with van der Waals surface area (Å²) in [6.07, 6.45) is 1.71. The van der Waals surface area contributed by atoms with Gasteiger partial charge in [0.25, 0.3) is 0 Å². The lowest BCUT2D eigenvalue weighted by Crippen LogP contribution is -2.27. The molecule has 1 heterocycles. The summed E-state index contributed by atoms with van der Waals surface area (Å²) in [5.74, 6) is -0.363. The molecule has 1 aliphatic rings. The fourth-order valence-corrected chi connectivity index (χ4v) is 0.636. The molecule has 1 N–H and O–H groups in total. The molecule has 0 aromatic carbocycles. The number of hydrogen-bond donors (Lipinski definition) is 1. The minimum Gasteiger partial charge on any atom is -0.449 e. The van der Waals surface area contributed by atoms with Crippen molar-refractivity contribution in [3.8, 4) is 0 Å². The highest BCUT2D eigenvalue weighted by Gasteiger charge is 2.24. The quantitative estimate of drug-likeness (QED) is 0.482. The van der Waals surface area contributed by atoms with Crippen LogP contribution in [-0.4, -0.2) is 25.0 Å². The van der Waals surface area contributed by atoms with Crippen LogP contribution in [-0.2, 0) is 14.3 Å². The fourth-order valence-electron chi connectivity index (χ4n) is 0.636. The Bertz CT molecular complexity index is 134. The summed E-state index contributed by atoms with van der Waals surface area (Å²) in [5.41, 5.74) is 0. The van der Waals surface area contributed by atoms with Crippen molar-refractivity contribution in [2.75, 3.05) is 6.73 Å². The number of nitrogens with one attached hydrogen (secondary N) is 1. The number of carbonyl (C=O) groups is 1. The van der Waals surface area contributed by atoms with Gasteiger partial charge in [-0.3, -0.25) is 14.9 Å². The van der Waals surface area contributed by atoms with Gasteiger partial charge in [-0.1, -0.05) is 0 Å². The molecule has 0 amide bonds. The summed E-state index contributed by atoms with van der Waals surface area (Å²) in [4.78, 5) is 20.2. The summed E-state index contributed by atoms with van der Waals surface area (Å²) in [5, 5.41) is 2.67. The molecule has 1 atom stereocenters. The molecule has 1 radical (unpaired) electrons. The maximum absolute atomic E-state index is 10.5. The number of esters is 1. The standard InChI is InChI=1S/C5H6NO3/c7-2-1-4-5(8)9-3-6-4/h4,6H,1,3H2. The summed E-state index contributed by atoms with van der Waals surface area (Å²) in [7, 11) is 0. The van der Waals surface area contributed by atoms with Crippen molar-refractivity contribution in [3.05, 3.63) is 0 Å². The van der Waals surface area contributed by atoms with Crippen molar-refractivity contribution in [2.45, 2.75) is 12.5 Å². The molecule has 0 aromatic heterocycles. The van der Waals surface area contributed by atoms with Crippen LogP contribution < -0.4 is 5.32 Å². The molecule has 1 rings (SSSR count). The largest absolute Gasteiger partial charge is 0.449 e. The lowest BCUT2D eigenvalue weighted by atomic mass is 10.2. The molecule has 0 aliphatic carbocycles. The zero-order valence-corrected chi connectivity index (χ0v) is 4.72. The van der Waals surface area contributed by atoms with E-state index in [1.54, 1.807) is 6.29 Å². The molecule has 0 spiro atoms. The molecule has 0 aromatic rings. The average molecular weight is 128 g/mol. The van der Waals surface area contributed by atoms with Gasteiger partial charge in [-0.05, 0) is 0 Å². The third-order valence-corrected chi connectivity index (χ3v) is 1.12. The lowest BCUT2D eigenvalue weighted by molar-refractivity contribution is -0.138.